The number of methoxy groups -OCH3 is 1. The quantitative estimate of drug-likeness (QED) is 0.412. The monoisotopic (exact) mass is 527 g/mol. The smallest absolute Gasteiger partial charge is 0.257 e. The van der Waals surface area contributed by atoms with E-state index in [1.807, 2.05) is 36.2 Å². The second-order valence-corrected chi connectivity index (χ2v) is 9.00. The zero-order valence-electron chi connectivity index (χ0n) is 20.9. The highest BCUT2D eigenvalue weighted by Gasteiger charge is 2.32. The van der Waals surface area contributed by atoms with E-state index in [-0.39, 0.29) is 36.7 Å². The molecule has 200 valence electrons. The number of rotatable bonds is 9. The van der Waals surface area contributed by atoms with E-state index >= 15 is 0 Å². The zero-order chi connectivity index (χ0) is 27.4. The van der Waals surface area contributed by atoms with Gasteiger partial charge in [-0.3, -0.25) is 19.3 Å². The van der Waals surface area contributed by atoms with E-state index in [4.69, 9.17) is 9.47 Å². The molecule has 0 saturated carbocycles. The van der Waals surface area contributed by atoms with Gasteiger partial charge in [0.05, 0.1) is 32.1 Å². The van der Waals surface area contributed by atoms with Crippen LogP contribution >= 0.6 is 0 Å². The number of fused-ring (bicyclic) bond motifs is 1. The number of carbonyl (C=O) groups is 2. The third kappa shape index (κ3) is 5.58. The lowest BCUT2D eigenvalue weighted by molar-refractivity contribution is 0.0415. The molecule has 1 amide bonds. The summed E-state index contributed by atoms with van der Waals surface area (Å²) in [6.07, 6.45) is 0.373. The van der Waals surface area contributed by atoms with Gasteiger partial charge >= 0.3 is 0 Å². The van der Waals surface area contributed by atoms with E-state index in [1.165, 1.54) is 10.6 Å². The topological polar surface area (TPSA) is 110 Å². The Morgan fingerprint density at radius 1 is 1.26 bits per heavy atom. The van der Waals surface area contributed by atoms with E-state index in [1.54, 1.807) is 7.11 Å². The van der Waals surface area contributed by atoms with Gasteiger partial charge in [0.15, 0.2) is 12.0 Å². The molecule has 0 spiro atoms. The van der Waals surface area contributed by atoms with Gasteiger partial charge in [0.25, 0.3) is 5.91 Å². The predicted octanol–water partition coefficient (Wildman–Crippen LogP) is 2.79. The molecule has 2 heterocycles. The Labute approximate surface area is 217 Å². The fourth-order valence-corrected chi connectivity index (χ4v) is 4.55. The normalized spacial score (nSPS) is 14.7. The first-order valence-corrected chi connectivity index (χ1v) is 11.8. The Hall–Kier alpha value is -4.09. The van der Waals surface area contributed by atoms with Crippen LogP contribution in [0.4, 0.5) is 8.78 Å². The van der Waals surface area contributed by atoms with E-state index in [0.29, 0.717) is 25.4 Å². The molecule has 9 nitrogen and oxygen atoms in total. The molecule has 0 aliphatic carbocycles. The first-order valence-electron chi connectivity index (χ1n) is 11.8. The molecular weight excluding hydrogens is 500 g/mol. The van der Waals surface area contributed by atoms with Crippen molar-refractivity contribution in [1.29, 1.82) is 0 Å². The summed E-state index contributed by atoms with van der Waals surface area (Å²) >= 11 is 0. The predicted molar refractivity (Wildman–Crippen MR) is 133 cm³/mol. The fourth-order valence-electron chi connectivity index (χ4n) is 4.55. The van der Waals surface area contributed by atoms with Crippen molar-refractivity contribution in [3.8, 4) is 11.5 Å². The second-order valence-electron chi connectivity index (χ2n) is 9.00. The van der Waals surface area contributed by atoms with Gasteiger partial charge in [0, 0.05) is 31.3 Å². The molecule has 0 bridgehead atoms. The molecule has 1 aliphatic heterocycles. The standard InChI is InChI=1S/C27H27F2N3O6/c1-31(11-16-3-7-20(37-2)8-4-16)12-19-14-38-15-23-24(26(35)25(34)22(13-33)32(19)23)27(36)30-10-17-5-6-18(28)9-21(17)29/h3-9,13,19,34H,10-12,14-15H2,1-2H3,(H,30,36). The van der Waals surface area contributed by atoms with Crippen LogP contribution in [0, 0.1) is 11.6 Å². The molecule has 1 aromatic heterocycles. The van der Waals surface area contributed by atoms with Crippen LogP contribution in [0.25, 0.3) is 0 Å². The van der Waals surface area contributed by atoms with E-state index in [2.05, 4.69) is 5.32 Å². The Morgan fingerprint density at radius 3 is 2.66 bits per heavy atom. The molecule has 1 aliphatic rings. The van der Waals surface area contributed by atoms with Crippen molar-refractivity contribution >= 4 is 12.2 Å². The summed E-state index contributed by atoms with van der Waals surface area (Å²) in [4.78, 5) is 39.9. The summed E-state index contributed by atoms with van der Waals surface area (Å²) in [7, 11) is 3.45. The molecule has 0 fully saturated rings. The number of halogens is 2. The minimum Gasteiger partial charge on any atom is -0.503 e. The van der Waals surface area contributed by atoms with Crippen LogP contribution in [-0.4, -0.2) is 54.1 Å². The summed E-state index contributed by atoms with van der Waals surface area (Å²) in [6.45, 7) is 0.613. The number of likely N-dealkylation sites (N-methyl/N-ethyl adjacent to an activating group) is 1. The minimum absolute atomic E-state index is 0.0109. The summed E-state index contributed by atoms with van der Waals surface area (Å²) in [5, 5.41) is 13.0. The van der Waals surface area contributed by atoms with Gasteiger partial charge in [-0.15, -0.1) is 0 Å². The first kappa shape index (κ1) is 27.0. The van der Waals surface area contributed by atoms with Gasteiger partial charge in [-0.25, -0.2) is 8.78 Å². The van der Waals surface area contributed by atoms with Crippen molar-refractivity contribution in [2.75, 3.05) is 27.3 Å². The van der Waals surface area contributed by atoms with Gasteiger partial charge in [0.2, 0.25) is 5.43 Å². The van der Waals surface area contributed by atoms with Crippen LogP contribution in [0.2, 0.25) is 0 Å². The number of aromatic hydroxyl groups is 1. The number of aromatic nitrogens is 1. The molecule has 2 N–H and O–H groups in total. The van der Waals surface area contributed by atoms with Crippen LogP contribution in [0.15, 0.2) is 47.3 Å². The molecule has 1 unspecified atom stereocenters. The van der Waals surface area contributed by atoms with Crippen molar-refractivity contribution in [2.45, 2.75) is 25.7 Å². The number of benzene rings is 2. The highest BCUT2D eigenvalue weighted by molar-refractivity contribution is 5.96. The Bertz CT molecular complexity index is 1410. The van der Waals surface area contributed by atoms with E-state index in [0.717, 1.165) is 17.4 Å². The molecule has 3 aromatic rings. The lowest BCUT2D eigenvalue weighted by Gasteiger charge is -2.34. The third-order valence-corrected chi connectivity index (χ3v) is 6.37. The van der Waals surface area contributed by atoms with Gasteiger partial charge in [-0.1, -0.05) is 18.2 Å². The van der Waals surface area contributed by atoms with Gasteiger partial charge in [-0.05, 0) is 30.8 Å². The van der Waals surface area contributed by atoms with Crippen LogP contribution in [-0.2, 0) is 24.4 Å². The number of hydrogen-bond acceptors (Lipinski definition) is 7. The minimum atomic E-state index is -1.04. The zero-order valence-corrected chi connectivity index (χ0v) is 20.9. The summed E-state index contributed by atoms with van der Waals surface area (Å²) in [5.74, 6) is -2.63. The number of nitrogens with zero attached hydrogens (tertiary/aromatic N) is 2. The van der Waals surface area contributed by atoms with Gasteiger partial charge < -0.3 is 24.5 Å². The van der Waals surface area contributed by atoms with Crippen molar-refractivity contribution in [3.63, 3.8) is 0 Å². The second kappa shape index (κ2) is 11.5. The Balaban J connectivity index is 1.61. The largest absolute Gasteiger partial charge is 0.503 e. The average Bonchev–Trinajstić information content (AvgIpc) is 2.89. The number of pyridine rings is 1. The maximum absolute atomic E-state index is 14.0. The number of aldehydes is 1. The van der Waals surface area contributed by atoms with Crippen molar-refractivity contribution in [3.05, 3.63) is 92.4 Å². The van der Waals surface area contributed by atoms with Crippen molar-refractivity contribution < 1.29 is 33.0 Å². The molecule has 2 aromatic carbocycles. The molecular formula is C27H27F2N3O6. The number of hydrogen-bond donors (Lipinski definition) is 2. The summed E-state index contributed by atoms with van der Waals surface area (Å²) in [6, 6.07) is 9.94. The SMILES string of the molecule is COc1ccc(CN(C)CC2COCc3c(C(=O)NCc4ccc(F)cc4F)c(=O)c(O)c(C=O)n32)cc1. The molecule has 38 heavy (non-hydrogen) atoms. The van der Waals surface area contributed by atoms with Crippen LogP contribution in [0.3, 0.4) is 0 Å². The maximum atomic E-state index is 14.0. The average molecular weight is 528 g/mol. The summed E-state index contributed by atoms with van der Waals surface area (Å²) in [5.41, 5.74) is -0.545. The number of ether oxygens (including phenoxy) is 2. The third-order valence-electron chi connectivity index (χ3n) is 6.37. The highest BCUT2D eigenvalue weighted by Crippen LogP contribution is 2.28. The van der Waals surface area contributed by atoms with Crippen molar-refractivity contribution in [1.82, 2.24) is 14.8 Å². The fraction of sp³-hybridized carbons (Fsp3) is 0.296. The molecule has 0 radical (unpaired) electrons. The lowest BCUT2D eigenvalue weighted by Crippen LogP contribution is -2.40. The Morgan fingerprint density at radius 2 is 2.00 bits per heavy atom. The van der Waals surface area contributed by atoms with Crippen LogP contribution < -0.4 is 15.5 Å². The first-order chi connectivity index (χ1) is 18.2. The van der Waals surface area contributed by atoms with E-state index in [9.17, 15) is 28.3 Å². The van der Waals surface area contributed by atoms with Gasteiger partial charge in [-0.2, -0.15) is 0 Å². The lowest BCUT2D eigenvalue weighted by atomic mass is 10.1. The van der Waals surface area contributed by atoms with E-state index < -0.39 is 40.3 Å². The van der Waals surface area contributed by atoms with Crippen molar-refractivity contribution in [2.24, 2.45) is 0 Å². The van der Waals surface area contributed by atoms with Crippen LogP contribution in [0.5, 0.6) is 11.5 Å². The summed E-state index contributed by atoms with van der Waals surface area (Å²) < 4.78 is 39.6. The molecule has 4 rings (SSSR count). The van der Waals surface area contributed by atoms with Gasteiger partial charge in [0.1, 0.15) is 28.6 Å². The number of amides is 1. The number of carbonyl (C=O) groups excluding carboxylic acids is 2. The van der Waals surface area contributed by atoms with Crippen LogP contribution in [0.1, 0.15) is 43.7 Å². The maximum Gasteiger partial charge on any atom is 0.257 e. The molecule has 11 heteroatoms. The molecule has 0 saturated heterocycles. The molecule has 1 atom stereocenters. The Kier molecular flexibility index (Phi) is 8.18. The highest BCUT2D eigenvalue weighted by atomic mass is 19.1. The number of nitrogens with one attached hydrogen (secondary N) is 1.